The third kappa shape index (κ3) is 0.793. The second-order valence-electron chi connectivity index (χ2n) is 1.99. The Kier molecular flexibility index (Phi) is 1.30. The van der Waals surface area contributed by atoms with Crippen LogP contribution < -0.4 is 11.5 Å². The fourth-order valence-corrected chi connectivity index (χ4v) is 0.636. The number of hydrogen-bond donors (Lipinski definition) is 4. The molecule has 0 heterocycles. The summed E-state index contributed by atoms with van der Waals surface area (Å²) in [5, 5.41) is 14.3. The maximum atomic E-state index is 7.17. The summed E-state index contributed by atoms with van der Waals surface area (Å²) < 4.78 is 0. The van der Waals surface area contributed by atoms with Crippen molar-refractivity contribution >= 4 is 11.4 Å². The molecule has 4 heteroatoms. The quantitative estimate of drug-likeness (QED) is 0.344. The van der Waals surface area contributed by atoms with Crippen LogP contribution in [0.3, 0.4) is 0 Å². The van der Waals surface area contributed by atoms with Gasteiger partial charge in [-0.05, 0) is 12.2 Å². The second kappa shape index (κ2) is 1.98. The van der Waals surface area contributed by atoms with Crippen LogP contribution in [0.5, 0.6) is 0 Å². The molecule has 6 N–H and O–H groups in total. The van der Waals surface area contributed by atoms with Crippen molar-refractivity contribution in [2.24, 2.45) is 11.5 Å². The Bertz CT molecular complexity index is 233. The van der Waals surface area contributed by atoms with E-state index in [4.69, 9.17) is 22.3 Å². The predicted octanol–water partition coefficient (Wildman–Crippen LogP) is -0.275. The first-order valence-electron chi connectivity index (χ1n) is 2.74. The fraction of sp³-hybridized carbons (Fsp3) is 0. The van der Waals surface area contributed by atoms with Gasteiger partial charge in [-0.1, -0.05) is 0 Å². The molecular weight excluding hydrogens is 128 g/mol. The molecule has 0 fully saturated rings. The summed E-state index contributed by atoms with van der Waals surface area (Å²) >= 11 is 0. The summed E-state index contributed by atoms with van der Waals surface area (Å²) in [5.74, 6) is 0. The molecule has 0 amide bonds. The number of rotatable bonds is 0. The Hall–Kier alpha value is -1.58. The fourth-order valence-electron chi connectivity index (χ4n) is 0.636. The molecule has 1 aliphatic rings. The van der Waals surface area contributed by atoms with Gasteiger partial charge in [0, 0.05) is 0 Å². The summed E-state index contributed by atoms with van der Waals surface area (Å²) in [6.07, 6.45) is 2.90. The van der Waals surface area contributed by atoms with Crippen LogP contribution in [-0.4, -0.2) is 11.4 Å². The van der Waals surface area contributed by atoms with Crippen molar-refractivity contribution < 1.29 is 0 Å². The lowest BCUT2D eigenvalue weighted by Crippen LogP contribution is -2.24. The first-order valence-corrected chi connectivity index (χ1v) is 2.74. The van der Waals surface area contributed by atoms with Crippen LogP contribution in [0.2, 0.25) is 0 Å². The van der Waals surface area contributed by atoms with E-state index >= 15 is 0 Å². The Balaban J connectivity index is 3.12. The van der Waals surface area contributed by atoms with Gasteiger partial charge in [-0.2, -0.15) is 0 Å². The predicted molar refractivity (Wildman–Crippen MR) is 40.0 cm³/mol. The first-order chi connectivity index (χ1) is 4.63. The summed E-state index contributed by atoms with van der Waals surface area (Å²) in [7, 11) is 0. The number of hydrogen-bond acceptors (Lipinski definition) is 4. The van der Waals surface area contributed by atoms with E-state index in [2.05, 4.69) is 0 Å². The molecule has 1 rings (SSSR count). The van der Waals surface area contributed by atoms with Crippen LogP contribution in [0.15, 0.2) is 23.5 Å². The van der Waals surface area contributed by atoms with E-state index < -0.39 is 0 Å². The molecule has 0 aliphatic heterocycles. The van der Waals surface area contributed by atoms with Gasteiger partial charge in [0.05, 0.1) is 22.8 Å². The van der Waals surface area contributed by atoms with E-state index in [1.165, 1.54) is 12.2 Å². The van der Waals surface area contributed by atoms with E-state index in [-0.39, 0.29) is 22.8 Å². The maximum Gasteiger partial charge on any atom is 0.0823 e. The lowest BCUT2D eigenvalue weighted by molar-refractivity contribution is 1.29. The smallest absolute Gasteiger partial charge is 0.0823 e. The molecule has 52 valence electrons. The molecule has 1 aliphatic carbocycles. The third-order valence-corrected chi connectivity index (χ3v) is 1.29. The summed E-state index contributed by atoms with van der Waals surface area (Å²) in [4.78, 5) is 0. The summed E-state index contributed by atoms with van der Waals surface area (Å²) in [6.45, 7) is 0. The highest BCUT2D eigenvalue weighted by molar-refractivity contribution is 6.21. The van der Waals surface area contributed by atoms with Crippen LogP contribution in [-0.2, 0) is 0 Å². The van der Waals surface area contributed by atoms with E-state index in [1.807, 2.05) is 0 Å². The van der Waals surface area contributed by atoms with Crippen molar-refractivity contribution in [1.82, 2.24) is 0 Å². The number of nitrogens with two attached hydrogens (primary N) is 2. The molecule has 0 saturated carbocycles. The topological polar surface area (TPSA) is 99.7 Å². The lowest BCUT2D eigenvalue weighted by Gasteiger charge is -2.09. The van der Waals surface area contributed by atoms with E-state index in [1.54, 1.807) is 0 Å². The summed E-state index contributed by atoms with van der Waals surface area (Å²) in [6, 6.07) is 0. The standard InChI is InChI=1S/C6H8N4/c7-3-1-2-4(8)6(10)5(3)9/h1-2,7-8H,9-10H2. The largest absolute Gasteiger partial charge is 0.395 e. The minimum Gasteiger partial charge on any atom is -0.395 e. The Morgan fingerprint density at radius 3 is 1.50 bits per heavy atom. The highest BCUT2D eigenvalue weighted by Crippen LogP contribution is 2.03. The molecule has 0 saturated heterocycles. The van der Waals surface area contributed by atoms with Crippen molar-refractivity contribution in [1.29, 1.82) is 10.8 Å². The van der Waals surface area contributed by atoms with Crippen molar-refractivity contribution in [2.45, 2.75) is 0 Å². The lowest BCUT2D eigenvalue weighted by atomic mass is 10.1. The van der Waals surface area contributed by atoms with Crippen molar-refractivity contribution in [3.05, 3.63) is 23.5 Å². The van der Waals surface area contributed by atoms with E-state index in [0.29, 0.717) is 0 Å². The van der Waals surface area contributed by atoms with Crippen molar-refractivity contribution in [3.8, 4) is 0 Å². The second-order valence-corrected chi connectivity index (χ2v) is 1.99. The normalized spacial score (nSPS) is 18.4. The van der Waals surface area contributed by atoms with Gasteiger partial charge in [0.1, 0.15) is 0 Å². The van der Waals surface area contributed by atoms with Gasteiger partial charge in [0.25, 0.3) is 0 Å². The molecule has 10 heavy (non-hydrogen) atoms. The van der Waals surface area contributed by atoms with E-state index in [0.717, 1.165) is 0 Å². The van der Waals surface area contributed by atoms with Gasteiger partial charge in [-0.3, -0.25) is 10.8 Å². The minimum absolute atomic E-state index is 0.175. The molecular formula is C6H8N4. The molecule has 0 aromatic heterocycles. The van der Waals surface area contributed by atoms with Gasteiger partial charge in [0.15, 0.2) is 0 Å². The molecule has 0 spiro atoms. The average Bonchev–Trinajstić information content (AvgIpc) is 1.93. The Labute approximate surface area is 58.2 Å². The van der Waals surface area contributed by atoms with Gasteiger partial charge in [0.2, 0.25) is 0 Å². The van der Waals surface area contributed by atoms with E-state index in [9.17, 15) is 0 Å². The van der Waals surface area contributed by atoms with Crippen LogP contribution in [0.4, 0.5) is 0 Å². The molecule has 0 atom stereocenters. The van der Waals surface area contributed by atoms with Crippen LogP contribution >= 0.6 is 0 Å². The highest BCUT2D eigenvalue weighted by atomic mass is 14.7. The SMILES string of the molecule is N=C1C=CC(=N)C(N)=C1N. The maximum absolute atomic E-state index is 7.17. The minimum atomic E-state index is 0.175. The van der Waals surface area contributed by atoms with Gasteiger partial charge < -0.3 is 11.5 Å². The van der Waals surface area contributed by atoms with Gasteiger partial charge >= 0.3 is 0 Å². The molecule has 0 bridgehead atoms. The van der Waals surface area contributed by atoms with Crippen LogP contribution in [0, 0.1) is 10.8 Å². The molecule has 0 unspecified atom stereocenters. The zero-order chi connectivity index (χ0) is 7.72. The zero-order valence-electron chi connectivity index (χ0n) is 5.31. The number of allylic oxidation sites excluding steroid dienone is 2. The monoisotopic (exact) mass is 136 g/mol. The Morgan fingerprint density at radius 1 is 0.900 bits per heavy atom. The van der Waals surface area contributed by atoms with Crippen LogP contribution in [0.1, 0.15) is 0 Å². The highest BCUT2D eigenvalue weighted by Gasteiger charge is 2.10. The molecule has 0 aromatic carbocycles. The van der Waals surface area contributed by atoms with Gasteiger partial charge in [-0.15, -0.1) is 0 Å². The third-order valence-electron chi connectivity index (χ3n) is 1.29. The van der Waals surface area contributed by atoms with Crippen molar-refractivity contribution in [3.63, 3.8) is 0 Å². The molecule has 0 radical (unpaired) electrons. The van der Waals surface area contributed by atoms with Crippen LogP contribution in [0.25, 0.3) is 0 Å². The summed E-state index contributed by atoms with van der Waals surface area (Å²) in [5.41, 5.74) is 11.4. The van der Waals surface area contributed by atoms with Gasteiger partial charge in [-0.25, -0.2) is 0 Å². The average molecular weight is 136 g/mol. The molecule has 0 aromatic rings. The molecule has 4 nitrogen and oxygen atoms in total. The van der Waals surface area contributed by atoms with Crippen molar-refractivity contribution in [2.75, 3.05) is 0 Å². The Morgan fingerprint density at radius 2 is 1.20 bits per heavy atom. The first kappa shape index (κ1) is 6.54. The zero-order valence-corrected chi connectivity index (χ0v) is 5.31. The number of nitrogens with one attached hydrogen (secondary N) is 2.